The number of carbonyl (C=O) groups is 1. The van der Waals surface area contributed by atoms with Crippen molar-refractivity contribution in [2.45, 2.75) is 6.04 Å². The van der Waals surface area contributed by atoms with Crippen LogP contribution in [0.3, 0.4) is 0 Å². The third-order valence-corrected chi connectivity index (χ3v) is 4.64. The lowest BCUT2D eigenvalue weighted by Gasteiger charge is -2.40. The minimum atomic E-state index is -0.455. The number of benzene rings is 1. The van der Waals surface area contributed by atoms with E-state index in [1.54, 1.807) is 12.3 Å². The Morgan fingerprint density at radius 1 is 1.23 bits per heavy atom. The smallest absolute Gasteiger partial charge is 0.406 e. The number of aromatic nitrogens is 1. The van der Waals surface area contributed by atoms with Gasteiger partial charge in [0.1, 0.15) is 5.82 Å². The van der Waals surface area contributed by atoms with Gasteiger partial charge in [0, 0.05) is 45.1 Å². The van der Waals surface area contributed by atoms with Crippen LogP contribution in [0.4, 0.5) is 14.9 Å². The Morgan fingerprint density at radius 3 is 2.65 bits per heavy atom. The van der Waals surface area contributed by atoms with Gasteiger partial charge in [0.25, 0.3) is 0 Å². The monoisotopic (exact) mass is 358 g/mol. The van der Waals surface area contributed by atoms with Crippen LogP contribution in [0.1, 0.15) is 11.6 Å². The molecule has 2 aromatic rings. The Morgan fingerprint density at radius 2 is 2.00 bits per heavy atom. The molecule has 1 saturated heterocycles. The van der Waals surface area contributed by atoms with E-state index in [-0.39, 0.29) is 11.9 Å². The zero-order valence-corrected chi connectivity index (χ0v) is 14.8. The number of nitrogens with one attached hydrogen (secondary N) is 1. The average Bonchev–Trinajstić information content (AvgIpc) is 2.70. The number of alkyl carbamates (subject to hydrolysis) is 1. The van der Waals surface area contributed by atoms with Gasteiger partial charge in [0.2, 0.25) is 0 Å². The molecule has 0 saturated carbocycles. The summed E-state index contributed by atoms with van der Waals surface area (Å²) in [6.07, 6.45) is 3.08. The number of para-hydroxylation sites is 1. The first kappa shape index (κ1) is 18.1. The predicted octanol–water partition coefficient (Wildman–Crippen LogP) is 2.44. The third kappa shape index (κ3) is 4.29. The van der Waals surface area contributed by atoms with E-state index in [1.165, 1.54) is 13.2 Å². The van der Waals surface area contributed by atoms with Crippen molar-refractivity contribution in [3.63, 3.8) is 0 Å². The quantitative estimate of drug-likeness (QED) is 0.890. The number of rotatable bonds is 5. The molecule has 6 nitrogen and oxygen atoms in total. The van der Waals surface area contributed by atoms with Gasteiger partial charge in [0.05, 0.1) is 18.8 Å². The largest absolute Gasteiger partial charge is 0.453 e. The Labute approximate surface area is 152 Å². The maximum atomic E-state index is 14.0. The second kappa shape index (κ2) is 8.62. The van der Waals surface area contributed by atoms with E-state index in [9.17, 15) is 9.18 Å². The number of methoxy groups -OCH3 is 1. The summed E-state index contributed by atoms with van der Waals surface area (Å²) in [7, 11) is 1.35. The third-order valence-electron chi connectivity index (χ3n) is 4.64. The maximum Gasteiger partial charge on any atom is 0.406 e. The number of pyridine rings is 1. The number of ether oxygens (including phenoxy) is 1. The highest BCUT2D eigenvalue weighted by molar-refractivity contribution is 5.66. The van der Waals surface area contributed by atoms with E-state index in [0.717, 1.165) is 31.7 Å². The molecule has 0 unspecified atom stereocenters. The topological polar surface area (TPSA) is 57.7 Å². The zero-order chi connectivity index (χ0) is 18.4. The highest BCUT2D eigenvalue weighted by Crippen LogP contribution is 2.25. The molecule has 0 spiro atoms. The lowest BCUT2D eigenvalue weighted by molar-refractivity contribution is 0.154. The minimum absolute atomic E-state index is 0.00873. The van der Waals surface area contributed by atoms with E-state index in [4.69, 9.17) is 0 Å². The van der Waals surface area contributed by atoms with Crippen molar-refractivity contribution in [2.75, 3.05) is 44.7 Å². The lowest BCUT2D eigenvalue weighted by Crippen LogP contribution is -2.50. The maximum absolute atomic E-state index is 14.0. The van der Waals surface area contributed by atoms with Crippen molar-refractivity contribution in [1.29, 1.82) is 0 Å². The normalized spacial score (nSPS) is 16.2. The number of hydrogen-bond acceptors (Lipinski definition) is 5. The molecule has 2 heterocycles. The summed E-state index contributed by atoms with van der Waals surface area (Å²) in [6.45, 7) is 3.39. The van der Waals surface area contributed by atoms with Gasteiger partial charge in [-0.1, -0.05) is 18.2 Å². The van der Waals surface area contributed by atoms with Crippen molar-refractivity contribution < 1.29 is 13.9 Å². The highest BCUT2D eigenvalue weighted by Gasteiger charge is 2.26. The number of piperazine rings is 1. The van der Waals surface area contributed by atoms with Crippen molar-refractivity contribution in [3.8, 4) is 0 Å². The van der Waals surface area contributed by atoms with Crippen molar-refractivity contribution >= 4 is 11.8 Å². The number of nitrogens with zero attached hydrogens (tertiary/aromatic N) is 3. The molecule has 1 amide bonds. The Balaban J connectivity index is 1.68. The molecular weight excluding hydrogens is 335 g/mol. The van der Waals surface area contributed by atoms with Crippen LogP contribution in [0.25, 0.3) is 0 Å². The summed E-state index contributed by atoms with van der Waals surface area (Å²) in [5, 5.41) is 2.78. The summed E-state index contributed by atoms with van der Waals surface area (Å²) >= 11 is 0. The molecule has 1 fully saturated rings. The van der Waals surface area contributed by atoms with Crippen LogP contribution in [-0.2, 0) is 4.74 Å². The first-order valence-corrected chi connectivity index (χ1v) is 8.64. The molecule has 3 rings (SSSR count). The summed E-state index contributed by atoms with van der Waals surface area (Å²) in [4.78, 5) is 20.0. The van der Waals surface area contributed by atoms with Crippen LogP contribution in [0.15, 0.2) is 48.8 Å². The molecule has 26 heavy (non-hydrogen) atoms. The van der Waals surface area contributed by atoms with Crippen LogP contribution in [0.5, 0.6) is 0 Å². The van der Waals surface area contributed by atoms with Crippen LogP contribution in [0.2, 0.25) is 0 Å². The van der Waals surface area contributed by atoms with Gasteiger partial charge < -0.3 is 15.0 Å². The fraction of sp³-hybridized carbons (Fsp3) is 0.368. The standard InChI is InChI=1S/C19H23FN4O2/c1-26-19(25)22-14-18(15-5-4-8-21-13-15)24-11-9-23(10-12-24)17-7-3-2-6-16(17)20/h2-8,13,18H,9-12,14H2,1H3,(H,22,25)/t18-/m1/s1. The van der Waals surface area contributed by atoms with Gasteiger partial charge in [0.15, 0.2) is 0 Å². The lowest BCUT2D eigenvalue weighted by atomic mass is 10.1. The molecule has 0 aliphatic carbocycles. The van der Waals surface area contributed by atoms with Crippen LogP contribution in [-0.4, -0.2) is 55.8 Å². The Bertz CT molecular complexity index is 720. The molecule has 1 N–H and O–H groups in total. The number of carbonyl (C=O) groups excluding carboxylic acids is 1. The highest BCUT2D eigenvalue weighted by atomic mass is 19.1. The molecule has 1 aromatic carbocycles. The van der Waals surface area contributed by atoms with Crippen molar-refractivity contribution in [2.24, 2.45) is 0 Å². The molecule has 1 aromatic heterocycles. The van der Waals surface area contributed by atoms with Gasteiger partial charge in [-0.25, -0.2) is 9.18 Å². The van der Waals surface area contributed by atoms with E-state index < -0.39 is 6.09 Å². The second-order valence-electron chi connectivity index (χ2n) is 6.15. The molecule has 0 bridgehead atoms. The van der Waals surface area contributed by atoms with Gasteiger partial charge in [-0.2, -0.15) is 0 Å². The minimum Gasteiger partial charge on any atom is -0.453 e. The first-order chi connectivity index (χ1) is 12.7. The molecule has 1 aliphatic rings. The first-order valence-electron chi connectivity index (χ1n) is 8.64. The fourth-order valence-electron chi connectivity index (χ4n) is 3.27. The van der Waals surface area contributed by atoms with Crippen LogP contribution < -0.4 is 10.2 Å². The zero-order valence-electron chi connectivity index (χ0n) is 14.8. The number of halogens is 1. The van der Waals surface area contributed by atoms with Gasteiger partial charge >= 0.3 is 6.09 Å². The van der Waals surface area contributed by atoms with Crippen LogP contribution >= 0.6 is 0 Å². The number of anilines is 1. The second-order valence-corrected chi connectivity index (χ2v) is 6.15. The molecule has 7 heteroatoms. The van der Waals surface area contributed by atoms with Gasteiger partial charge in [-0.15, -0.1) is 0 Å². The van der Waals surface area contributed by atoms with Crippen molar-refractivity contribution in [1.82, 2.24) is 15.2 Å². The number of amides is 1. The molecule has 1 aliphatic heterocycles. The molecule has 1 atom stereocenters. The molecule has 0 radical (unpaired) electrons. The molecular formula is C19H23FN4O2. The predicted molar refractivity (Wildman–Crippen MR) is 97.6 cm³/mol. The average molecular weight is 358 g/mol. The van der Waals surface area contributed by atoms with E-state index in [2.05, 4.69) is 24.8 Å². The van der Waals surface area contributed by atoms with Crippen LogP contribution in [0, 0.1) is 5.82 Å². The number of hydrogen-bond donors (Lipinski definition) is 1. The summed E-state index contributed by atoms with van der Waals surface area (Å²) in [5.41, 5.74) is 1.67. The Hall–Kier alpha value is -2.67. The van der Waals surface area contributed by atoms with E-state index >= 15 is 0 Å². The van der Waals surface area contributed by atoms with Gasteiger partial charge in [-0.05, 0) is 23.8 Å². The van der Waals surface area contributed by atoms with E-state index in [0.29, 0.717) is 12.2 Å². The van der Waals surface area contributed by atoms with Gasteiger partial charge in [-0.3, -0.25) is 9.88 Å². The fourth-order valence-corrected chi connectivity index (χ4v) is 3.27. The summed E-state index contributed by atoms with van der Waals surface area (Å²) in [6, 6.07) is 10.7. The summed E-state index contributed by atoms with van der Waals surface area (Å²) < 4.78 is 18.7. The van der Waals surface area contributed by atoms with E-state index in [1.807, 2.05) is 30.5 Å². The molecule has 138 valence electrons. The SMILES string of the molecule is COC(=O)NC[C@H](c1cccnc1)N1CCN(c2ccccc2F)CC1. The van der Waals surface area contributed by atoms with Crippen molar-refractivity contribution in [3.05, 3.63) is 60.2 Å². The Kier molecular flexibility index (Phi) is 6.01. The summed E-state index contributed by atoms with van der Waals surface area (Å²) in [5.74, 6) is -0.197.